The van der Waals surface area contributed by atoms with Gasteiger partial charge in [-0.15, -0.1) is 0 Å². The number of esters is 1. The fourth-order valence-corrected chi connectivity index (χ4v) is 6.07. The third kappa shape index (κ3) is 5.80. The number of rotatable bonds is 7. The van der Waals surface area contributed by atoms with E-state index in [9.17, 15) is 10.1 Å². The molecule has 0 radical (unpaired) electrons. The second-order valence-corrected chi connectivity index (χ2v) is 12.8. The molecule has 40 heavy (non-hydrogen) atoms. The van der Waals surface area contributed by atoms with Gasteiger partial charge in [0.2, 0.25) is 0 Å². The Morgan fingerprint density at radius 3 is 2.30 bits per heavy atom. The van der Waals surface area contributed by atoms with Crippen LogP contribution in [0.25, 0.3) is 11.1 Å². The van der Waals surface area contributed by atoms with Crippen molar-refractivity contribution in [2.75, 3.05) is 11.4 Å². The first kappa shape index (κ1) is 28.0. The summed E-state index contributed by atoms with van der Waals surface area (Å²) in [5.74, 6) is 1.19. The van der Waals surface area contributed by atoms with Gasteiger partial charge in [0.25, 0.3) is 0 Å². The molecule has 2 aromatic carbocycles. The van der Waals surface area contributed by atoms with Crippen molar-refractivity contribution in [3.63, 3.8) is 0 Å². The average Bonchev–Trinajstić information content (AvgIpc) is 3.66. The Hall–Kier alpha value is -3.59. The summed E-state index contributed by atoms with van der Waals surface area (Å²) in [5, 5.41) is 13.9. The summed E-state index contributed by atoms with van der Waals surface area (Å²) in [7, 11) is 0. The van der Waals surface area contributed by atoms with E-state index in [1.165, 1.54) is 5.56 Å². The predicted molar refractivity (Wildman–Crippen MR) is 157 cm³/mol. The summed E-state index contributed by atoms with van der Waals surface area (Å²) in [6.45, 7) is 12.7. The number of carbonyl (C=O) groups is 1. The van der Waals surface area contributed by atoms with Crippen molar-refractivity contribution in [1.29, 1.82) is 5.26 Å². The highest BCUT2D eigenvalue weighted by Gasteiger charge is 2.44. The molecule has 2 aliphatic carbocycles. The minimum absolute atomic E-state index is 0.0199. The third-order valence-electron chi connectivity index (χ3n) is 8.55. The number of benzene rings is 2. The monoisotopic (exact) mass is 539 g/mol. The van der Waals surface area contributed by atoms with E-state index >= 15 is 0 Å². The molecule has 0 atom stereocenters. The lowest BCUT2D eigenvalue weighted by molar-refractivity contribution is -0.161. The zero-order valence-electron chi connectivity index (χ0n) is 24.7. The first-order valence-electron chi connectivity index (χ1n) is 14.6. The maximum absolute atomic E-state index is 12.7. The van der Waals surface area contributed by atoms with Crippen molar-refractivity contribution in [2.45, 2.75) is 91.1 Å². The molecule has 3 aromatic rings. The van der Waals surface area contributed by atoms with Gasteiger partial charge in [0.05, 0.1) is 23.1 Å². The highest BCUT2D eigenvalue weighted by atomic mass is 16.6. The second-order valence-electron chi connectivity index (χ2n) is 12.8. The minimum Gasteiger partial charge on any atom is -0.460 e. The number of aryl methyl sites for hydroxylation is 3. The summed E-state index contributed by atoms with van der Waals surface area (Å²) >= 11 is 0. The van der Waals surface area contributed by atoms with Crippen molar-refractivity contribution in [3.05, 3.63) is 65.0 Å². The molecule has 0 aliphatic heterocycles. The largest absolute Gasteiger partial charge is 0.460 e. The number of carbonyl (C=O) groups excluding carboxylic acids is 1. The molecule has 0 saturated heterocycles. The fraction of sp³-hybridized carbons (Fsp3) is 0.500. The molecular weight excluding hydrogens is 498 g/mol. The van der Waals surface area contributed by atoms with Gasteiger partial charge in [-0.1, -0.05) is 29.4 Å². The first-order valence-corrected chi connectivity index (χ1v) is 14.6. The third-order valence-corrected chi connectivity index (χ3v) is 8.55. The minimum atomic E-state index is -0.453. The summed E-state index contributed by atoms with van der Waals surface area (Å²) < 4.78 is 11.2. The number of nitriles is 1. The number of ether oxygens (including phenoxy) is 1. The van der Waals surface area contributed by atoms with Gasteiger partial charge in [-0.05, 0) is 121 Å². The maximum atomic E-state index is 12.7. The molecule has 6 heteroatoms. The van der Waals surface area contributed by atoms with Gasteiger partial charge in [-0.3, -0.25) is 4.79 Å². The second kappa shape index (κ2) is 10.8. The average molecular weight is 540 g/mol. The van der Waals surface area contributed by atoms with Gasteiger partial charge in [0.15, 0.2) is 0 Å². The Labute approximate surface area is 238 Å². The molecule has 0 bridgehead atoms. The SMILES string of the molecule is Cc1ccc(-c2c(C)noc2C)cc1N(C[C@H]1CC[C@H](C(=O)OC(C)(C)C)CC1)c1ccc(C2(C#N)CC2)cc1. The van der Waals surface area contributed by atoms with Gasteiger partial charge in [-0.25, -0.2) is 0 Å². The molecule has 2 saturated carbocycles. The van der Waals surface area contributed by atoms with E-state index in [1.54, 1.807) is 0 Å². The summed E-state index contributed by atoms with van der Waals surface area (Å²) in [6, 6.07) is 17.7. The van der Waals surface area contributed by atoms with Gasteiger partial charge in [-0.2, -0.15) is 5.26 Å². The van der Waals surface area contributed by atoms with E-state index in [4.69, 9.17) is 9.26 Å². The van der Waals surface area contributed by atoms with Crippen LogP contribution in [0.4, 0.5) is 11.4 Å². The number of hydrogen-bond donors (Lipinski definition) is 0. The predicted octanol–water partition coefficient (Wildman–Crippen LogP) is 8.11. The maximum Gasteiger partial charge on any atom is 0.309 e. The molecule has 2 fully saturated rings. The zero-order chi connectivity index (χ0) is 28.7. The van der Waals surface area contributed by atoms with Crippen LogP contribution >= 0.6 is 0 Å². The van der Waals surface area contributed by atoms with Crippen molar-refractivity contribution in [1.82, 2.24) is 5.16 Å². The Kier molecular flexibility index (Phi) is 7.52. The number of aromatic nitrogens is 1. The van der Waals surface area contributed by atoms with Gasteiger partial charge in [0, 0.05) is 23.5 Å². The molecule has 2 aliphatic rings. The van der Waals surface area contributed by atoms with E-state index in [0.717, 1.165) is 84.6 Å². The van der Waals surface area contributed by atoms with Crippen LogP contribution in [-0.4, -0.2) is 23.3 Å². The topological polar surface area (TPSA) is 79.4 Å². The van der Waals surface area contributed by atoms with Crippen LogP contribution < -0.4 is 4.90 Å². The molecule has 0 N–H and O–H groups in total. The molecule has 1 heterocycles. The van der Waals surface area contributed by atoms with Gasteiger partial charge in [0.1, 0.15) is 11.4 Å². The van der Waals surface area contributed by atoms with E-state index in [1.807, 2.05) is 34.6 Å². The van der Waals surface area contributed by atoms with E-state index in [-0.39, 0.29) is 17.3 Å². The first-order chi connectivity index (χ1) is 19.0. The highest BCUT2D eigenvalue weighted by molar-refractivity contribution is 5.76. The van der Waals surface area contributed by atoms with Gasteiger partial charge < -0.3 is 14.2 Å². The molecule has 5 rings (SSSR count). The molecule has 210 valence electrons. The van der Waals surface area contributed by atoms with Crippen LogP contribution in [0.1, 0.15) is 81.9 Å². The number of nitrogens with zero attached hydrogens (tertiary/aromatic N) is 3. The van der Waals surface area contributed by atoms with Gasteiger partial charge >= 0.3 is 5.97 Å². The van der Waals surface area contributed by atoms with Crippen LogP contribution in [0, 0.1) is 43.9 Å². The molecular formula is C34H41N3O3. The van der Waals surface area contributed by atoms with Crippen molar-refractivity contribution in [2.24, 2.45) is 11.8 Å². The van der Waals surface area contributed by atoms with E-state index in [2.05, 4.69) is 65.5 Å². The lowest BCUT2D eigenvalue weighted by atomic mass is 9.81. The highest BCUT2D eigenvalue weighted by Crippen LogP contribution is 2.48. The Morgan fingerprint density at radius 1 is 1.07 bits per heavy atom. The molecule has 6 nitrogen and oxygen atoms in total. The van der Waals surface area contributed by atoms with Crippen LogP contribution in [0.5, 0.6) is 0 Å². The van der Waals surface area contributed by atoms with Crippen LogP contribution in [0.3, 0.4) is 0 Å². The van der Waals surface area contributed by atoms with E-state index < -0.39 is 5.60 Å². The van der Waals surface area contributed by atoms with Crippen molar-refractivity contribution < 1.29 is 14.1 Å². The lowest BCUT2D eigenvalue weighted by Gasteiger charge is -2.35. The molecule has 0 amide bonds. The molecule has 0 unspecified atom stereocenters. The standard InChI is InChI=1S/C34H41N3O3/c1-22-7-10-27(31-23(2)36-40-24(31)3)19-30(22)37(29-15-13-28(14-16-29)34(21-35)17-18-34)20-25-8-11-26(12-9-25)32(38)39-33(4,5)6/h7,10,13-16,19,25-26H,8-9,11-12,17-18,20H2,1-6H3/t25-,26-. The van der Waals surface area contributed by atoms with E-state index in [0.29, 0.717) is 5.92 Å². The van der Waals surface area contributed by atoms with Crippen molar-refractivity contribution in [3.8, 4) is 17.2 Å². The fourth-order valence-electron chi connectivity index (χ4n) is 6.07. The van der Waals surface area contributed by atoms with Crippen LogP contribution in [0.15, 0.2) is 47.0 Å². The Morgan fingerprint density at radius 2 is 1.75 bits per heavy atom. The lowest BCUT2D eigenvalue weighted by Crippen LogP contribution is -2.33. The summed E-state index contributed by atoms with van der Waals surface area (Å²) in [4.78, 5) is 15.1. The van der Waals surface area contributed by atoms with Crippen LogP contribution in [-0.2, 0) is 14.9 Å². The van der Waals surface area contributed by atoms with Crippen molar-refractivity contribution >= 4 is 17.3 Å². The molecule has 0 spiro atoms. The zero-order valence-corrected chi connectivity index (χ0v) is 24.7. The normalized spacial score (nSPS) is 20.0. The Balaban J connectivity index is 1.43. The summed E-state index contributed by atoms with van der Waals surface area (Å²) in [6.07, 6.45) is 5.56. The quantitative estimate of drug-likeness (QED) is 0.282. The number of hydrogen-bond acceptors (Lipinski definition) is 6. The molecule has 1 aromatic heterocycles. The Bertz CT molecular complexity index is 1390. The summed E-state index contributed by atoms with van der Waals surface area (Å²) in [5.41, 5.74) is 6.83. The smallest absolute Gasteiger partial charge is 0.309 e. The van der Waals surface area contributed by atoms with Crippen LogP contribution in [0.2, 0.25) is 0 Å². The number of anilines is 2.